The average molecular weight is 494 g/mol. The molecule has 2 aromatic rings. The van der Waals surface area contributed by atoms with E-state index in [-0.39, 0.29) is 30.4 Å². The molecule has 1 fully saturated rings. The van der Waals surface area contributed by atoms with Crippen LogP contribution in [-0.2, 0) is 17.5 Å². The largest absolute Gasteiger partial charge is 0.490 e. The van der Waals surface area contributed by atoms with Crippen LogP contribution in [0.25, 0.3) is 0 Å². The number of aliphatic carboxylic acids is 1. The van der Waals surface area contributed by atoms with Gasteiger partial charge < -0.3 is 20.5 Å². The molecule has 3 rings (SSSR count). The molecule has 1 atom stereocenters. The fourth-order valence-corrected chi connectivity index (χ4v) is 2.94. The highest BCUT2D eigenvalue weighted by Crippen LogP contribution is 2.30. The third-order valence-corrected chi connectivity index (χ3v) is 4.49. The Morgan fingerprint density at radius 1 is 1.21 bits per heavy atom. The number of ether oxygens (including phenoxy) is 1. The number of carboxylic acid groups (broad SMARTS) is 1. The van der Waals surface area contributed by atoms with E-state index in [9.17, 15) is 31.1 Å². The minimum Gasteiger partial charge on any atom is -0.475 e. The molecule has 0 saturated carbocycles. The lowest BCUT2D eigenvalue weighted by molar-refractivity contribution is -0.192. The summed E-state index contributed by atoms with van der Waals surface area (Å²) in [4.78, 5) is 30.5. The van der Waals surface area contributed by atoms with Gasteiger partial charge in [-0.05, 0) is 36.6 Å². The van der Waals surface area contributed by atoms with E-state index in [1.54, 1.807) is 23.2 Å². The summed E-state index contributed by atoms with van der Waals surface area (Å²) in [5, 5.41) is 7.12. The Bertz CT molecular complexity index is 985. The van der Waals surface area contributed by atoms with Gasteiger partial charge >= 0.3 is 18.3 Å². The summed E-state index contributed by atoms with van der Waals surface area (Å²) in [6.07, 6.45) is -5.76. The predicted octanol–water partition coefficient (Wildman–Crippen LogP) is 3.27. The van der Waals surface area contributed by atoms with Crippen molar-refractivity contribution in [3.8, 4) is 5.88 Å². The number of nitrogens with two attached hydrogens (primary N) is 1. The Labute approximate surface area is 189 Å². The lowest BCUT2D eigenvalue weighted by atomic mass is 10.1. The number of carboxylic acids is 1. The van der Waals surface area contributed by atoms with E-state index in [0.29, 0.717) is 24.9 Å². The number of aromatic nitrogens is 2. The number of piperidine rings is 1. The molecule has 1 aliphatic rings. The van der Waals surface area contributed by atoms with Crippen LogP contribution < -0.4 is 10.5 Å². The van der Waals surface area contributed by atoms with Crippen molar-refractivity contribution in [1.82, 2.24) is 14.9 Å². The van der Waals surface area contributed by atoms with E-state index in [0.717, 1.165) is 6.07 Å². The van der Waals surface area contributed by atoms with Crippen LogP contribution in [0.3, 0.4) is 0 Å². The topological polar surface area (TPSA) is 119 Å². The number of halogens is 6. The SMILES string of the molecule is NCc1cc(O[C@H]2CCCN(C(=O)c3cccnc3)C2)nc(C(F)(F)F)c1.O=C(O)C(F)(F)F. The van der Waals surface area contributed by atoms with Crippen LogP contribution in [0.2, 0.25) is 0 Å². The molecule has 1 aliphatic heterocycles. The van der Waals surface area contributed by atoms with Gasteiger partial charge in [0.1, 0.15) is 11.8 Å². The first-order valence-electron chi connectivity index (χ1n) is 9.75. The summed E-state index contributed by atoms with van der Waals surface area (Å²) in [7, 11) is 0. The van der Waals surface area contributed by atoms with Gasteiger partial charge in [-0.25, -0.2) is 9.78 Å². The van der Waals surface area contributed by atoms with Crippen LogP contribution in [0.4, 0.5) is 26.3 Å². The number of alkyl halides is 6. The van der Waals surface area contributed by atoms with Gasteiger partial charge in [0.25, 0.3) is 5.91 Å². The summed E-state index contributed by atoms with van der Waals surface area (Å²) in [5.74, 6) is -3.07. The number of likely N-dealkylation sites (tertiary alicyclic amines) is 1. The molecule has 34 heavy (non-hydrogen) atoms. The lowest BCUT2D eigenvalue weighted by Crippen LogP contribution is -2.44. The van der Waals surface area contributed by atoms with E-state index < -0.39 is 30.1 Å². The number of hydrogen-bond acceptors (Lipinski definition) is 6. The van der Waals surface area contributed by atoms with Crippen molar-refractivity contribution < 1.29 is 45.8 Å². The van der Waals surface area contributed by atoms with Crippen LogP contribution in [0.1, 0.15) is 34.5 Å². The zero-order valence-corrected chi connectivity index (χ0v) is 17.4. The molecular formula is C20H20F6N4O4. The van der Waals surface area contributed by atoms with Crippen LogP contribution >= 0.6 is 0 Å². The first-order chi connectivity index (χ1) is 15.8. The molecule has 0 unspecified atom stereocenters. The van der Waals surface area contributed by atoms with Gasteiger partial charge in [0, 0.05) is 31.5 Å². The Hall–Kier alpha value is -3.42. The maximum atomic E-state index is 13.0. The Balaban J connectivity index is 0.000000509. The van der Waals surface area contributed by atoms with Gasteiger partial charge in [-0.15, -0.1) is 0 Å². The zero-order chi connectivity index (χ0) is 25.5. The third-order valence-electron chi connectivity index (χ3n) is 4.49. The lowest BCUT2D eigenvalue weighted by Gasteiger charge is -2.32. The van der Waals surface area contributed by atoms with Crippen molar-refractivity contribution in [2.75, 3.05) is 13.1 Å². The van der Waals surface area contributed by atoms with Crippen LogP contribution in [-0.4, -0.2) is 57.2 Å². The first-order valence-corrected chi connectivity index (χ1v) is 9.75. The van der Waals surface area contributed by atoms with Crippen molar-refractivity contribution >= 4 is 11.9 Å². The van der Waals surface area contributed by atoms with Crippen LogP contribution in [0, 0.1) is 0 Å². The highest BCUT2D eigenvalue weighted by atomic mass is 19.4. The molecule has 3 heterocycles. The number of rotatable bonds is 4. The molecule has 0 spiro atoms. The third kappa shape index (κ3) is 7.86. The van der Waals surface area contributed by atoms with E-state index >= 15 is 0 Å². The van der Waals surface area contributed by atoms with E-state index in [1.807, 2.05) is 0 Å². The molecule has 2 aromatic heterocycles. The Morgan fingerprint density at radius 2 is 1.88 bits per heavy atom. The van der Waals surface area contributed by atoms with Crippen molar-refractivity contribution in [2.24, 2.45) is 5.73 Å². The number of carbonyl (C=O) groups excluding carboxylic acids is 1. The maximum Gasteiger partial charge on any atom is 0.490 e. The molecule has 1 saturated heterocycles. The van der Waals surface area contributed by atoms with Gasteiger partial charge in [0.05, 0.1) is 12.1 Å². The number of hydrogen-bond donors (Lipinski definition) is 2. The second-order valence-corrected chi connectivity index (χ2v) is 7.08. The Kier molecular flexibility index (Phi) is 8.79. The summed E-state index contributed by atoms with van der Waals surface area (Å²) in [6, 6.07) is 5.65. The molecular weight excluding hydrogens is 474 g/mol. The fourth-order valence-electron chi connectivity index (χ4n) is 2.94. The summed E-state index contributed by atoms with van der Waals surface area (Å²) in [6.45, 7) is 0.763. The van der Waals surface area contributed by atoms with Gasteiger partial charge in [-0.2, -0.15) is 26.3 Å². The monoisotopic (exact) mass is 494 g/mol. The molecule has 14 heteroatoms. The number of pyridine rings is 2. The van der Waals surface area contributed by atoms with Gasteiger partial charge in [0.15, 0.2) is 0 Å². The number of nitrogens with zero attached hydrogens (tertiary/aromatic N) is 3. The smallest absolute Gasteiger partial charge is 0.475 e. The van der Waals surface area contributed by atoms with E-state index in [1.165, 1.54) is 12.3 Å². The first kappa shape index (κ1) is 26.8. The van der Waals surface area contributed by atoms with Gasteiger partial charge in [-0.1, -0.05) is 0 Å². The van der Waals surface area contributed by atoms with Crippen molar-refractivity contribution in [3.63, 3.8) is 0 Å². The molecule has 0 aromatic carbocycles. The van der Waals surface area contributed by atoms with Crippen molar-refractivity contribution in [2.45, 2.75) is 37.8 Å². The Morgan fingerprint density at radius 3 is 2.41 bits per heavy atom. The second-order valence-electron chi connectivity index (χ2n) is 7.08. The predicted molar refractivity (Wildman–Crippen MR) is 105 cm³/mol. The van der Waals surface area contributed by atoms with Gasteiger partial charge in [0.2, 0.25) is 5.88 Å². The summed E-state index contributed by atoms with van der Waals surface area (Å²) >= 11 is 0. The molecule has 0 bridgehead atoms. The van der Waals surface area contributed by atoms with Crippen molar-refractivity contribution in [3.05, 3.63) is 53.5 Å². The quantitative estimate of drug-likeness (QED) is 0.627. The highest BCUT2D eigenvalue weighted by molar-refractivity contribution is 5.93. The van der Waals surface area contributed by atoms with Crippen LogP contribution in [0.15, 0.2) is 36.7 Å². The molecule has 0 aliphatic carbocycles. The molecule has 8 nitrogen and oxygen atoms in total. The van der Waals surface area contributed by atoms with Gasteiger partial charge in [-0.3, -0.25) is 9.78 Å². The second kappa shape index (κ2) is 11.1. The summed E-state index contributed by atoms with van der Waals surface area (Å²) in [5.41, 5.74) is 5.18. The summed E-state index contributed by atoms with van der Waals surface area (Å²) < 4.78 is 76.4. The average Bonchev–Trinajstić information content (AvgIpc) is 2.78. The minimum atomic E-state index is -5.08. The number of amides is 1. The number of carbonyl (C=O) groups is 2. The molecule has 3 N–H and O–H groups in total. The van der Waals surface area contributed by atoms with Crippen molar-refractivity contribution in [1.29, 1.82) is 0 Å². The molecule has 0 radical (unpaired) electrons. The van der Waals surface area contributed by atoms with E-state index in [4.69, 9.17) is 20.4 Å². The zero-order valence-electron chi connectivity index (χ0n) is 17.4. The maximum absolute atomic E-state index is 13.0. The highest BCUT2D eigenvalue weighted by Gasteiger charge is 2.38. The molecule has 186 valence electrons. The van der Waals surface area contributed by atoms with E-state index in [2.05, 4.69) is 9.97 Å². The minimum absolute atomic E-state index is 0.0573. The standard InChI is InChI=1S/C18H19F3N4O2.C2HF3O2/c19-18(20,21)15-7-12(9-22)8-16(24-15)27-14-4-2-6-25(11-14)17(26)13-3-1-5-23-10-13;3-2(4,5)1(6)7/h1,3,5,7-8,10,14H,2,4,6,9,11,22H2;(H,6,7)/t14-;/m0./s1. The fraction of sp³-hybridized carbons (Fsp3) is 0.400. The molecule has 1 amide bonds. The van der Waals surface area contributed by atoms with Crippen LogP contribution in [0.5, 0.6) is 5.88 Å². The normalized spacial score (nSPS) is 16.3.